The minimum absolute atomic E-state index is 0.0865. The molecular weight excluding hydrogens is 350 g/mol. The molecule has 2 aliphatic rings. The number of nitrogens with one attached hydrogen (secondary N) is 2. The van der Waals surface area contributed by atoms with Gasteiger partial charge < -0.3 is 10.6 Å². The van der Waals surface area contributed by atoms with Crippen molar-refractivity contribution in [1.82, 2.24) is 25.3 Å². The van der Waals surface area contributed by atoms with Gasteiger partial charge in [-0.25, -0.2) is 0 Å². The average molecular weight is 380 g/mol. The zero-order valence-corrected chi connectivity index (χ0v) is 16.9. The number of amides is 2. The maximum absolute atomic E-state index is 12.4. The number of hydrogen-bond donors (Lipinski definition) is 2. The quantitative estimate of drug-likeness (QED) is 0.797. The van der Waals surface area contributed by atoms with E-state index in [0.29, 0.717) is 18.2 Å². The molecule has 0 radical (unpaired) electrons. The Hall–Kier alpha value is -1.54. The van der Waals surface area contributed by atoms with Crippen LogP contribution in [0.5, 0.6) is 0 Å². The van der Waals surface area contributed by atoms with Gasteiger partial charge in [0, 0.05) is 25.4 Å². The summed E-state index contributed by atoms with van der Waals surface area (Å²) in [5.74, 6) is 1.01. The van der Waals surface area contributed by atoms with E-state index in [-0.39, 0.29) is 11.8 Å². The molecule has 3 rings (SSSR count). The van der Waals surface area contributed by atoms with Crippen LogP contribution >= 0.6 is 11.8 Å². The van der Waals surface area contributed by atoms with Gasteiger partial charge in [0.25, 0.3) is 0 Å². The highest BCUT2D eigenvalue weighted by atomic mass is 32.2. The van der Waals surface area contributed by atoms with Crippen molar-refractivity contribution < 1.29 is 9.59 Å². The van der Waals surface area contributed by atoms with Crippen molar-refractivity contribution in [2.45, 2.75) is 58.1 Å². The Bertz CT molecular complexity index is 685. The van der Waals surface area contributed by atoms with Gasteiger partial charge >= 0.3 is 0 Å². The lowest BCUT2D eigenvalue weighted by Crippen LogP contribution is -2.57. The fourth-order valence-corrected chi connectivity index (χ4v) is 4.32. The lowest BCUT2D eigenvalue weighted by atomic mass is 10.1. The van der Waals surface area contributed by atoms with Crippen molar-refractivity contribution in [3.63, 3.8) is 0 Å². The maximum Gasteiger partial charge on any atom is 0.243 e. The molecular formula is C18H29N5O2S. The molecule has 144 valence electrons. The highest BCUT2D eigenvalue weighted by Gasteiger charge is 2.37. The summed E-state index contributed by atoms with van der Waals surface area (Å²) in [6.07, 6.45) is 0. The maximum atomic E-state index is 12.4. The first-order valence-corrected chi connectivity index (χ1v) is 10.2. The lowest BCUT2D eigenvalue weighted by Gasteiger charge is -2.32. The molecule has 0 spiro atoms. The Labute approximate surface area is 159 Å². The number of carbonyl (C=O) groups excluding carboxylic acids is 2. The van der Waals surface area contributed by atoms with Gasteiger partial charge in [-0.1, -0.05) is 13.8 Å². The molecule has 0 unspecified atom stereocenters. The summed E-state index contributed by atoms with van der Waals surface area (Å²) in [5.41, 5.74) is 2.07. The van der Waals surface area contributed by atoms with E-state index in [4.69, 9.17) is 0 Å². The Balaban J connectivity index is 1.52. The third-order valence-electron chi connectivity index (χ3n) is 4.77. The lowest BCUT2D eigenvalue weighted by molar-refractivity contribution is -0.129. The summed E-state index contributed by atoms with van der Waals surface area (Å²) >= 11 is 1.52. The smallest absolute Gasteiger partial charge is 0.243 e. The first-order chi connectivity index (χ1) is 12.2. The van der Waals surface area contributed by atoms with Crippen LogP contribution in [0.15, 0.2) is 6.07 Å². The Morgan fingerprint density at radius 3 is 2.92 bits per heavy atom. The second kappa shape index (κ2) is 7.60. The van der Waals surface area contributed by atoms with Crippen molar-refractivity contribution in [3.8, 4) is 0 Å². The van der Waals surface area contributed by atoms with Crippen LogP contribution in [0.25, 0.3) is 0 Å². The van der Waals surface area contributed by atoms with E-state index in [1.54, 1.807) is 0 Å². The van der Waals surface area contributed by atoms with Crippen molar-refractivity contribution in [1.29, 1.82) is 0 Å². The van der Waals surface area contributed by atoms with Crippen LogP contribution in [-0.4, -0.2) is 56.1 Å². The highest BCUT2D eigenvalue weighted by Crippen LogP contribution is 2.29. The number of hydrogen-bond acceptors (Lipinski definition) is 5. The summed E-state index contributed by atoms with van der Waals surface area (Å²) in [4.78, 5) is 26.8. The van der Waals surface area contributed by atoms with Crippen LogP contribution < -0.4 is 10.6 Å². The van der Waals surface area contributed by atoms with Crippen LogP contribution in [0.2, 0.25) is 0 Å². The second-order valence-electron chi connectivity index (χ2n) is 8.04. The molecule has 2 aliphatic heterocycles. The van der Waals surface area contributed by atoms with Gasteiger partial charge in [0.05, 0.1) is 29.2 Å². The third-order valence-corrected chi connectivity index (χ3v) is 6.18. The monoisotopic (exact) mass is 379 g/mol. The fourth-order valence-electron chi connectivity index (χ4n) is 3.31. The Morgan fingerprint density at radius 1 is 1.46 bits per heavy atom. The SMILES string of the molecule is CC(C)CN1CCn2nc(CNC(=O)[C@@H]3CSC(C)(C)C(=O)N3)cc2C1. The van der Waals surface area contributed by atoms with Crippen LogP contribution in [0.4, 0.5) is 0 Å². The van der Waals surface area contributed by atoms with Gasteiger partial charge in [-0.05, 0) is 25.8 Å². The number of aromatic nitrogens is 2. The van der Waals surface area contributed by atoms with E-state index in [1.807, 2.05) is 18.5 Å². The fraction of sp³-hybridized carbons (Fsp3) is 0.722. The van der Waals surface area contributed by atoms with Crippen molar-refractivity contribution in [2.24, 2.45) is 5.92 Å². The molecule has 3 heterocycles. The second-order valence-corrected chi connectivity index (χ2v) is 9.69. The highest BCUT2D eigenvalue weighted by molar-refractivity contribution is 8.01. The Kier molecular flexibility index (Phi) is 5.62. The van der Waals surface area contributed by atoms with E-state index in [0.717, 1.165) is 31.9 Å². The normalized spacial score (nSPS) is 22.8. The molecule has 1 saturated heterocycles. The first-order valence-electron chi connectivity index (χ1n) is 9.25. The summed E-state index contributed by atoms with van der Waals surface area (Å²) in [7, 11) is 0. The van der Waals surface area contributed by atoms with E-state index in [2.05, 4.69) is 40.5 Å². The van der Waals surface area contributed by atoms with E-state index in [1.165, 1.54) is 17.5 Å². The molecule has 1 atom stereocenters. The van der Waals surface area contributed by atoms with Gasteiger partial charge in [0.2, 0.25) is 11.8 Å². The molecule has 2 N–H and O–H groups in total. The minimum atomic E-state index is -0.473. The Morgan fingerprint density at radius 2 is 2.23 bits per heavy atom. The largest absolute Gasteiger partial charge is 0.349 e. The average Bonchev–Trinajstić information content (AvgIpc) is 2.96. The van der Waals surface area contributed by atoms with Crippen LogP contribution in [0.3, 0.4) is 0 Å². The van der Waals surface area contributed by atoms with Crippen LogP contribution in [0, 0.1) is 5.92 Å². The van der Waals surface area contributed by atoms with Gasteiger partial charge in [-0.3, -0.25) is 19.2 Å². The molecule has 0 saturated carbocycles. The molecule has 0 aliphatic carbocycles. The molecule has 8 heteroatoms. The summed E-state index contributed by atoms with van der Waals surface area (Å²) in [6, 6.07) is 1.60. The molecule has 26 heavy (non-hydrogen) atoms. The topological polar surface area (TPSA) is 79.3 Å². The number of rotatable bonds is 5. The van der Waals surface area contributed by atoms with E-state index in [9.17, 15) is 9.59 Å². The molecule has 1 aromatic rings. The first kappa shape index (κ1) is 19.2. The predicted octanol–water partition coefficient (Wildman–Crippen LogP) is 0.981. The van der Waals surface area contributed by atoms with Crippen molar-refractivity contribution in [2.75, 3.05) is 18.8 Å². The predicted molar refractivity (Wildman–Crippen MR) is 103 cm³/mol. The van der Waals surface area contributed by atoms with E-state index >= 15 is 0 Å². The van der Waals surface area contributed by atoms with Crippen LogP contribution in [-0.2, 0) is 29.2 Å². The zero-order valence-electron chi connectivity index (χ0n) is 16.0. The number of carbonyl (C=O) groups is 2. The number of nitrogens with zero attached hydrogens (tertiary/aromatic N) is 3. The van der Waals surface area contributed by atoms with Crippen LogP contribution in [0.1, 0.15) is 39.1 Å². The number of fused-ring (bicyclic) bond motifs is 1. The molecule has 7 nitrogen and oxygen atoms in total. The van der Waals surface area contributed by atoms with E-state index < -0.39 is 10.8 Å². The molecule has 0 bridgehead atoms. The van der Waals surface area contributed by atoms with Crippen molar-refractivity contribution >= 4 is 23.6 Å². The third kappa shape index (κ3) is 4.40. The number of thioether (sulfide) groups is 1. The van der Waals surface area contributed by atoms with Gasteiger partial charge in [-0.2, -0.15) is 5.10 Å². The van der Waals surface area contributed by atoms with Gasteiger partial charge in [0.15, 0.2) is 0 Å². The molecule has 1 aromatic heterocycles. The van der Waals surface area contributed by atoms with Gasteiger partial charge in [-0.15, -0.1) is 11.8 Å². The molecule has 1 fully saturated rings. The minimum Gasteiger partial charge on any atom is -0.349 e. The standard InChI is InChI=1S/C18H29N5O2S/c1-12(2)9-22-5-6-23-14(10-22)7-13(21-23)8-19-16(24)15-11-26-18(3,4)17(25)20-15/h7,12,15H,5-6,8-11H2,1-4H3,(H,19,24)(H,20,25)/t15-/m0/s1. The van der Waals surface area contributed by atoms with Crippen molar-refractivity contribution in [3.05, 3.63) is 17.5 Å². The molecule has 0 aromatic carbocycles. The summed E-state index contributed by atoms with van der Waals surface area (Å²) < 4.78 is 1.57. The zero-order chi connectivity index (χ0) is 18.9. The molecule has 2 amide bonds. The summed E-state index contributed by atoms with van der Waals surface area (Å²) in [6.45, 7) is 12.5. The van der Waals surface area contributed by atoms with Gasteiger partial charge in [0.1, 0.15) is 6.04 Å². The summed E-state index contributed by atoms with van der Waals surface area (Å²) in [5, 5.41) is 10.3.